The summed E-state index contributed by atoms with van der Waals surface area (Å²) in [5.74, 6) is 0.340. The van der Waals surface area contributed by atoms with Gasteiger partial charge in [0.15, 0.2) is 0 Å². The summed E-state index contributed by atoms with van der Waals surface area (Å²) in [6.07, 6.45) is 2.18. The van der Waals surface area contributed by atoms with Gasteiger partial charge >= 0.3 is 0 Å². The Morgan fingerprint density at radius 2 is 2.10 bits per heavy atom. The summed E-state index contributed by atoms with van der Waals surface area (Å²) in [6, 6.07) is 7.01. The van der Waals surface area contributed by atoms with Crippen molar-refractivity contribution in [3.05, 3.63) is 29.8 Å². The summed E-state index contributed by atoms with van der Waals surface area (Å²) in [5.41, 5.74) is 1.38. The van der Waals surface area contributed by atoms with Crippen molar-refractivity contribution in [3.8, 4) is 0 Å². The van der Waals surface area contributed by atoms with Crippen LogP contribution in [0.25, 0.3) is 0 Å². The summed E-state index contributed by atoms with van der Waals surface area (Å²) < 4.78 is 25.9. The molecular weight excluding hydrogens is 288 g/mol. The van der Waals surface area contributed by atoms with Crippen LogP contribution in [0.15, 0.2) is 24.3 Å². The fourth-order valence-electron chi connectivity index (χ4n) is 2.67. The Bertz CT molecular complexity index is 537. The van der Waals surface area contributed by atoms with Gasteiger partial charge in [0, 0.05) is 18.2 Å². The molecule has 6 heteroatoms. The number of sulfonamides is 1. The quantitative estimate of drug-likeness (QED) is 0.749. The van der Waals surface area contributed by atoms with E-state index < -0.39 is 16.1 Å². The predicted molar refractivity (Wildman–Crippen MR) is 84.7 cm³/mol. The molecule has 0 spiro atoms. The molecule has 1 aromatic rings. The third-order valence-corrected chi connectivity index (χ3v) is 5.27. The molecule has 2 unspecified atom stereocenters. The third-order valence-electron chi connectivity index (χ3n) is 3.78. The molecule has 2 atom stereocenters. The number of aliphatic hydroxyl groups is 1. The number of rotatable bonds is 6. The molecule has 3 N–H and O–H groups in total. The molecule has 2 rings (SSSR count). The van der Waals surface area contributed by atoms with Crippen LogP contribution in [0.2, 0.25) is 0 Å². The van der Waals surface area contributed by atoms with Crippen molar-refractivity contribution in [2.75, 3.05) is 23.6 Å². The molecule has 0 radical (unpaired) electrons. The van der Waals surface area contributed by atoms with Gasteiger partial charge in [0.2, 0.25) is 10.0 Å². The number of benzene rings is 1. The Hall–Kier alpha value is -1.11. The highest BCUT2D eigenvalue weighted by Crippen LogP contribution is 2.28. The molecule has 0 amide bonds. The maximum absolute atomic E-state index is 11.7. The largest absolute Gasteiger partial charge is 0.388 e. The zero-order valence-electron chi connectivity index (χ0n) is 12.4. The summed E-state index contributed by atoms with van der Waals surface area (Å²) in [4.78, 5) is 0. The van der Waals surface area contributed by atoms with Crippen LogP contribution in [0, 0.1) is 5.92 Å². The maximum atomic E-state index is 11.7. The highest BCUT2D eigenvalue weighted by molar-refractivity contribution is 7.92. The topological polar surface area (TPSA) is 78.4 Å². The van der Waals surface area contributed by atoms with Gasteiger partial charge in [-0.3, -0.25) is 4.72 Å². The number of hydrogen-bond donors (Lipinski definition) is 3. The monoisotopic (exact) mass is 312 g/mol. The minimum atomic E-state index is -3.26. The van der Waals surface area contributed by atoms with E-state index in [1.54, 1.807) is 24.3 Å². The average Bonchev–Trinajstić information content (AvgIpc) is 2.48. The van der Waals surface area contributed by atoms with Gasteiger partial charge in [-0.05, 0) is 43.5 Å². The molecule has 0 saturated carbocycles. The van der Waals surface area contributed by atoms with E-state index in [1.165, 1.54) is 0 Å². The Labute approximate surface area is 126 Å². The van der Waals surface area contributed by atoms with Crippen molar-refractivity contribution >= 4 is 15.7 Å². The van der Waals surface area contributed by atoms with E-state index in [0.717, 1.165) is 31.5 Å². The second-order valence-corrected chi connectivity index (χ2v) is 7.44. The summed E-state index contributed by atoms with van der Waals surface area (Å²) in [5, 5.41) is 13.7. The fraction of sp³-hybridized carbons (Fsp3) is 0.600. The van der Waals surface area contributed by atoms with Gasteiger partial charge in [-0.1, -0.05) is 19.1 Å². The Morgan fingerprint density at radius 3 is 2.67 bits per heavy atom. The smallest absolute Gasteiger partial charge is 0.232 e. The Kier molecular flexibility index (Phi) is 5.61. The van der Waals surface area contributed by atoms with Crippen LogP contribution in [0.1, 0.15) is 37.9 Å². The SMILES string of the molecule is CCCS(=O)(=O)Nc1ccc(C(O)C2CCCNC2)cc1. The van der Waals surface area contributed by atoms with Gasteiger partial charge in [0.1, 0.15) is 0 Å². The van der Waals surface area contributed by atoms with Crippen LogP contribution in [0.3, 0.4) is 0 Å². The Balaban J connectivity index is 2.01. The van der Waals surface area contributed by atoms with Gasteiger partial charge in [0.25, 0.3) is 0 Å². The molecule has 0 aliphatic carbocycles. The first kappa shape index (κ1) is 16.3. The second-order valence-electron chi connectivity index (χ2n) is 5.59. The van der Waals surface area contributed by atoms with E-state index in [2.05, 4.69) is 10.0 Å². The van der Waals surface area contributed by atoms with Crippen molar-refractivity contribution in [1.82, 2.24) is 5.32 Å². The van der Waals surface area contributed by atoms with E-state index in [1.807, 2.05) is 6.92 Å². The molecule has 1 aromatic carbocycles. The van der Waals surface area contributed by atoms with Crippen molar-refractivity contribution < 1.29 is 13.5 Å². The third kappa shape index (κ3) is 4.69. The first-order valence-electron chi connectivity index (χ1n) is 7.51. The van der Waals surface area contributed by atoms with E-state index >= 15 is 0 Å². The number of aliphatic hydroxyl groups excluding tert-OH is 1. The van der Waals surface area contributed by atoms with Gasteiger partial charge in [-0.25, -0.2) is 8.42 Å². The second kappa shape index (κ2) is 7.24. The standard InChI is InChI=1S/C15H24N2O3S/c1-2-10-21(19,20)17-14-7-5-12(6-8-14)15(18)13-4-3-9-16-11-13/h5-8,13,15-18H,2-4,9-11H2,1H3. The number of hydrogen-bond acceptors (Lipinski definition) is 4. The van der Waals surface area contributed by atoms with Crippen molar-refractivity contribution in [2.24, 2.45) is 5.92 Å². The Morgan fingerprint density at radius 1 is 1.38 bits per heavy atom. The molecular formula is C15H24N2O3S. The van der Waals surface area contributed by atoms with Gasteiger partial charge in [-0.15, -0.1) is 0 Å². The molecule has 21 heavy (non-hydrogen) atoms. The number of piperidine rings is 1. The lowest BCUT2D eigenvalue weighted by molar-refractivity contribution is 0.0922. The van der Waals surface area contributed by atoms with E-state index in [9.17, 15) is 13.5 Å². The molecule has 1 aliphatic heterocycles. The van der Waals surface area contributed by atoms with Crippen LogP contribution in [0.5, 0.6) is 0 Å². The first-order valence-corrected chi connectivity index (χ1v) is 9.16. The van der Waals surface area contributed by atoms with Crippen LogP contribution in [-0.4, -0.2) is 32.4 Å². The molecule has 0 aromatic heterocycles. The van der Waals surface area contributed by atoms with Gasteiger partial charge < -0.3 is 10.4 Å². The van der Waals surface area contributed by atoms with Crippen LogP contribution < -0.4 is 10.0 Å². The molecule has 1 saturated heterocycles. The number of anilines is 1. The van der Waals surface area contributed by atoms with E-state index in [4.69, 9.17) is 0 Å². The van der Waals surface area contributed by atoms with Crippen LogP contribution in [0.4, 0.5) is 5.69 Å². The molecule has 1 aliphatic rings. The number of nitrogens with one attached hydrogen (secondary N) is 2. The molecule has 5 nitrogen and oxygen atoms in total. The summed E-state index contributed by atoms with van der Waals surface area (Å²) in [6.45, 7) is 3.67. The normalized spacial score (nSPS) is 21.0. The van der Waals surface area contributed by atoms with Crippen LogP contribution >= 0.6 is 0 Å². The molecule has 0 bridgehead atoms. The zero-order valence-corrected chi connectivity index (χ0v) is 13.2. The lowest BCUT2D eigenvalue weighted by Crippen LogP contribution is -2.33. The van der Waals surface area contributed by atoms with E-state index in [0.29, 0.717) is 12.1 Å². The van der Waals surface area contributed by atoms with Crippen molar-refractivity contribution in [2.45, 2.75) is 32.3 Å². The lowest BCUT2D eigenvalue weighted by atomic mass is 9.89. The van der Waals surface area contributed by atoms with E-state index in [-0.39, 0.29) is 11.7 Å². The fourth-order valence-corrected chi connectivity index (χ4v) is 3.80. The average molecular weight is 312 g/mol. The van der Waals surface area contributed by atoms with Gasteiger partial charge in [-0.2, -0.15) is 0 Å². The van der Waals surface area contributed by atoms with Crippen molar-refractivity contribution in [3.63, 3.8) is 0 Å². The maximum Gasteiger partial charge on any atom is 0.232 e. The van der Waals surface area contributed by atoms with Gasteiger partial charge in [0.05, 0.1) is 11.9 Å². The lowest BCUT2D eigenvalue weighted by Gasteiger charge is -2.27. The predicted octanol–water partition coefficient (Wildman–Crippen LogP) is 1.87. The minimum absolute atomic E-state index is 0.116. The first-order chi connectivity index (χ1) is 10.0. The summed E-state index contributed by atoms with van der Waals surface area (Å²) in [7, 11) is -3.26. The minimum Gasteiger partial charge on any atom is -0.388 e. The van der Waals surface area contributed by atoms with Crippen LogP contribution in [-0.2, 0) is 10.0 Å². The highest BCUT2D eigenvalue weighted by Gasteiger charge is 2.22. The highest BCUT2D eigenvalue weighted by atomic mass is 32.2. The summed E-state index contributed by atoms with van der Waals surface area (Å²) >= 11 is 0. The zero-order chi connectivity index (χ0) is 15.3. The molecule has 1 fully saturated rings. The molecule has 118 valence electrons. The molecule has 1 heterocycles. The van der Waals surface area contributed by atoms with Crippen molar-refractivity contribution in [1.29, 1.82) is 0 Å².